The molecule has 174 valence electrons. The molecule has 7 rings (SSSR count). The smallest absolute Gasteiger partial charge is 0.199 e. The highest BCUT2D eigenvalue weighted by Gasteiger charge is 2.25. The van der Waals surface area contributed by atoms with Crippen molar-refractivity contribution < 1.29 is 17.6 Å². The predicted molar refractivity (Wildman–Crippen MR) is 135 cm³/mol. The number of hydrogen-bond donors (Lipinski definition) is 0. The molecule has 2 nitrogen and oxygen atoms in total. The maximum Gasteiger partial charge on any atom is 0.199 e. The summed E-state index contributed by atoms with van der Waals surface area (Å²) in [6.45, 7) is 0. The Morgan fingerprint density at radius 2 is 0.972 bits per heavy atom. The minimum Gasteiger partial charge on any atom is -0.307 e. The average Bonchev–Trinajstić information content (AvgIpc) is 3.43. The van der Waals surface area contributed by atoms with Gasteiger partial charge < -0.3 is 9.13 Å². The Bertz CT molecular complexity index is 1980. The Morgan fingerprint density at radius 3 is 1.61 bits per heavy atom. The summed E-state index contributed by atoms with van der Waals surface area (Å²) in [7, 11) is 0. The van der Waals surface area contributed by atoms with Crippen LogP contribution in [0.3, 0.4) is 0 Å². The first kappa shape index (κ1) is 20.8. The van der Waals surface area contributed by atoms with Crippen LogP contribution in [-0.4, -0.2) is 9.13 Å². The van der Waals surface area contributed by atoms with Crippen LogP contribution in [0.15, 0.2) is 97.1 Å². The molecule has 6 heteroatoms. The van der Waals surface area contributed by atoms with E-state index in [4.69, 9.17) is 0 Å². The quantitative estimate of drug-likeness (QED) is 0.134. The lowest BCUT2D eigenvalue weighted by molar-refractivity contribution is 0.408. The first-order valence-electron chi connectivity index (χ1n) is 11.4. The van der Waals surface area contributed by atoms with E-state index in [0.717, 1.165) is 38.3 Å². The molecular weight excluding hydrogens is 464 g/mol. The summed E-state index contributed by atoms with van der Waals surface area (Å²) in [6, 6.07) is 29.5. The number of fused-ring (bicyclic) bond motifs is 7. The fourth-order valence-corrected chi connectivity index (χ4v) is 5.32. The zero-order valence-corrected chi connectivity index (χ0v) is 18.6. The van der Waals surface area contributed by atoms with Gasteiger partial charge in [-0.3, -0.25) is 0 Å². The molecule has 0 aliphatic heterocycles. The first-order valence-corrected chi connectivity index (χ1v) is 11.4. The van der Waals surface area contributed by atoms with Crippen LogP contribution in [-0.2, 0) is 0 Å². The topological polar surface area (TPSA) is 9.86 Å². The minimum atomic E-state index is -1.84. The molecular formula is C30H16F4N2. The van der Waals surface area contributed by atoms with Crippen molar-refractivity contribution >= 4 is 43.6 Å². The maximum atomic E-state index is 15.3. The first-order chi connectivity index (χ1) is 17.6. The van der Waals surface area contributed by atoms with Crippen molar-refractivity contribution in [1.29, 1.82) is 0 Å². The van der Waals surface area contributed by atoms with Crippen LogP contribution >= 0.6 is 0 Å². The van der Waals surface area contributed by atoms with E-state index < -0.39 is 29.0 Å². The van der Waals surface area contributed by atoms with Crippen LogP contribution < -0.4 is 0 Å². The summed E-state index contributed by atoms with van der Waals surface area (Å²) in [5.74, 6) is -6.58. The fraction of sp³-hybridized carbons (Fsp3) is 0. The minimum absolute atomic E-state index is 0.394. The lowest BCUT2D eigenvalue weighted by atomic mass is 10.1. The second-order valence-corrected chi connectivity index (χ2v) is 8.72. The van der Waals surface area contributed by atoms with Gasteiger partial charge in [0.25, 0.3) is 0 Å². The van der Waals surface area contributed by atoms with Gasteiger partial charge in [0.05, 0.1) is 27.8 Å². The van der Waals surface area contributed by atoms with Crippen molar-refractivity contribution in [1.82, 2.24) is 9.13 Å². The highest BCUT2D eigenvalue weighted by Crippen LogP contribution is 2.42. The summed E-state index contributed by atoms with van der Waals surface area (Å²) >= 11 is 0. The summed E-state index contributed by atoms with van der Waals surface area (Å²) < 4.78 is 61.7. The molecule has 0 aliphatic carbocycles. The molecule has 0 bridgehead atoms. The van der Waals surface area contributed by atoms with Gasteiger partial charge in [-0.2, -0.15) is 0 Å². The van der Waals surface area contributed by atoms with Crippen LogP contribution in [0.25, 0.3) is 55.0 Å². The van der Waals surface area contributed by atoms with Gasteiger partial charge in [0.2, 0.25) is 0 Å². The van der Waals surface area contributed by atoms with Gasteiger partial charge in [-0.25, -0.2) is 17.6 Å². The van der Waals surface area contributed by atoms with Gasteiger partial charge in [0.15, 0.2) is 23.3 Å². The summed E-state index contributed by atoms with van der Waals surface area (Å²) in [5, 5.41) is 3.44. The maximum absolute atomic E-state index is 15.3. The Hall–Kier alpha value is -4.58. The Balaban J connectivity index is 1.79. The van der Waals surface area contributed by atoms with Crippen LogP contribution in [0, 0.1) is 23.3 Å². The second-order valence-electron chi connectivity index (χ2n) is 8.72. The highest BCUT2D eigenvalue weighted by atomic mass is 19.2. The zero-order valence-electron chi connectivity index (χ0n) is 18.6. The molecule has 2 aromatic heterocycles. The van der Waals surface area contributed by atoms with E-state index in [0.29, 0.717) is 17.1 Å². The average molecular weight is 480 g/mol. The second kappa shape index (κ2) is 7.46. The third-order valence-electron chi connectivity index (χ3n) is 6.81. The van der Waals surface area contributed by atoms with Crippen molar-refractivity contribution in [3.8, 4) is 11.4 Å². The monoisotopic (exact) mass is 480 g/mol. The molecule has 0 unspecified atom stereocenters. The molecule has 0 spiro atoms. The third kappa shape index (κ3) is 2.67. The molecule has 0 fully saturated rings. The van der Waals surface area contributed by atoms with E-state index in [-0.39, 0.29) is 0 Å². The van der Waals surface area contributed by atoms with Crippen LogP contribution in [0.2, 0.25) is 0 Å². The Labute approximate surface area is 202 Å². The third-order valence-corrected chi connectivity index (χ3v) is 6.81. The van der Waals surface area contributed by atoms with Crippen molar-refractivity contribution in [3.05, 3.63) is 120 Å². The molecule has 5 aromatic carbocycles. The van der Waals surface area contributed by atoms with Crippen molar-refractivity contribution in [3.63, 3.8) is 0 Å². The summed E-state index contributed by atoms with van der Waals surface area (Å²) in [5.41, 5.74) is 3.28. The van der Waals surface area contributed by atoms with E-state index in [2.05, 4.69) is 4.57 Å². The van der Waals surface area contributed by atoms with Crippen LogP contribution in [0.4, 0.5) is 17.6 Å². The fourth-order valence-electron chi connectivity index (χ4n) is 5.32. The van der Waals surface area contributed by atoms with Crippen molar-refractivity contribution in [2.75, 3.05) is 0 Å². The van der Waals surface area contributed by atoms with Gasteiger partial charge in [-0.05, 0) is 24.3 Å². The number of aromatic nitrogens is 2. The molecule has 0 radical (unpaired) electrons. The van der Waals surface area contributed by atoms with Gasteiger partial charge >= 0.3 is 0 Å². The van der Waals surface area contributed by atoms with Gasteiger partial charge in [-0.15, -0.1) is 0 Å². The number of hydrogen-bond acceptors (Lipinski definition) is 0. The van der Waals surface area contributed by atoms with Crippen molar-refractivity contribution in [2.24, 2.45) is 0 Å². The van der Waals surface area contributed by atoms with E-state index in [1.807, 2.05) is 78.9 Å². The summed E-state index contributed by atoms with van der Waals surface area (Å²) in [4.78, 5) is 0. The molecule has 0 amide bonds. The zero-order chi connectivity index (χ0) is 24.6. The standard InChI is InChI=1S/C30H16F4N2/c31-22-16-25(27(33)28(34)26(22)32)36-24-13-7-5-11-19(24)21-15-14-20-18-10-4-6-12-23(18)35(29(20)30(21)36)17-8-2-1-3-9-17/h1-16H. The predicted octanol–water partition coefficient (Wildman–Crippen LogP) is 8.44. The number of para-hydroxylation sites is 3. The Morgan fingerprint density at radius 1 is 0.444 bits per heavy atom. The van der Waals surface area contributed by atoms with Gasteiger partial charge in [0.1, 0.15) is 0 Å². The van der Waals surface area contributed by atoms with Crippen LogP contribution in [0.1, 0.15) is 0 Å². The molecule has 0 aliphatic rings. The summed E-state index contributed by atoms with van der Waals surface area (Å²) in [6.07, 6.45) is 0. The lowest BCUT2D eigenvalue weighted by Crippen LogP contribution is -2.05. The van der Waals surface area contributed by atoms with Crippen molar-refractivity contribution in [2.45, 2.75) is 0 Å². The molecule has 0 saturated heterocycles. The van der Waals surface area contributed by atoms with E-state index >= 15 is 4.39 Å². The molecule has 7 aromatic rings. The van der Waals surface area contributed by atoms with Crippen LogP contribution in [0.5, 0.6) is 0 Å². The molecule has 0 atom stereocenters. The van der Waals surface area contributed by atoms with E-state index in [1.165, 1.54) is 4.57 Å². The largest absolute Gasteiger partial charge is 0.307 e. The SMILES string of the molecule is Fc1cc(-n2c3ccccc3c3ccc4c5ccccc5n(-c5ccccc5)c4c32)c(F)c(F)c1F. The number of rotatable bonds is 2. The molecule has 0 N–H and O–H groups in total. The van der Waals surface area contributed by atoms with E-state index in [9.17, 15) is 13.2 Å². The number of nitrogens with zero attached hydrogens (tertiary/aromatic N) is 2. The molecule has 36 heavy (non-hydrogen) atoms. The Kier molecular flexibility index (Phi) is 4.30. The highest BCUT2D eigenvalue weighted by molar-refractivity contribution is 6.23. The van der Waals surface area contributed by atoms with E-state index in [1.54, 1.807) is 12.1 Å². The van der Waals surface area contributed by atoms with Gasteiger partial charge in [0, 0.05) is 33.3 Å². The molecule has 2 heterocycles. The van der Waals surface area contributed by atoms with Gasteiger partial charge in [-0.1, -0.05) is 66.7 Å². The normalized spacial score (nSPS) is 11.9. The number of halogens is 4. The number of benzene rings is 5. The lowest BCUT2D eigenvalue weighted by Gasteiger charge is -2.13. The molecule has 0 saturated carbocycles.